The maximum absolute atomic E-state index is 12.2. The fourth-order valence-corrected chi connectivity index (χ4v) is 3.07. The number of nitrogens with two attached hydrogens (primary N) is 1. The Hall–Kier alpha value is -0.780. The lowest BCUT2D eigenvalue weighted by Gasteiger charge is -2.29. The maximum Gasteiger partial charge on any atom is 0.242 e. The number of nitrogen functional groups attached to an aromatic ring is 1. The van der Waals surface area contributed by atoms with Gasteiger partial charge in [-0.1, -0.05) is 39.3 Å². The van der Waals surface area contributed by atoms with E-state index in [9.17, 15) is 8.42 Å². The van der Waals surface area contributed by atoms with E-state index < -0.39 is 10.0 Å². The average Bonchev–Trinajstić information content (AvgIpc) is 2.26. The molecule has 1 rings (SSSR count). The Balaban J connectivity index is 2.94. The van der Waals surface area contributed by atoms with Crippen LogP contribution < -0.4 is 10.5 Å². The highest BCUT2D eigenvalue weighted by atomic mass is 35.5. The van der Waals surface area contributed by atoms with E-state index in [-0.39, 0.29) is 15.3 Å². The normalized spacial score (nSPS) is 12.9. The lowest BCUT2D eigenvalue weighted by atomic mass is 9.81. The summed E-state index contributed by atoms with van der Waals surface area (Å²) < 4.78 is 27.0. The highest BCUT2D eigenvalue weighted by Gasteiger charge is 2.26. The van der Waals surface area contributed by atoms with Gasteiger partial charge in [0, 0.05) is 12.2 Å². The van der Waals surface area contributed by atoms with Crippen LogP contribution in [0, 0.1) is 11.3 Å². The van der Waals surface area contributed by atoms with Crippen molar-refractivity contribution in [3.63, 3.8) is 0 Å². The quantitative estimate of drug-likeness (QED) is 0.822. The van der Waals surface area contributed by atoms with Crippen molar-refractivity contribution in [3.05, 3.63) is 23.2 Å². The Labute approximate surface area is 120 Å². The number of hydrogen-bond acceptors (Lipinski definition) is 3. The number of benzene rings is 1. The van der Waals surface area contributed by atoms with Crippen molar-refractivity contribution in [3.8, 4) is 0 Å². The molecule has 1 aromatic carbocycles. The standard InChI is InChI=1S/C13H21ClN2O2S/c1-9(2)13(3,4)8-16-19(17,18)12-6-5-10(15)7-11(12)14/h5-7,9,16H,8,15H2,1-4H3. The summed E-state index contributed by atoms with van der Waals surface area (Å²) in [7, 11) is -3.61. The molecule has 3 N–H and O–H groups in total. The van der Waals surface area contributed by atoms with Crippen LogP contribution in [0.4, 0.5) is 5.69 Å². The molecule has 1 aromatic rings. The minimum Gasteiger partial charge on any atom is -0.399 e. The van der Waals surface area contributed by atoms with E-state index in [1.807, 2.05) is 13.8 Å². The molecule has 0 aliphatic rings. The minimum atomic E-state index is -3.61. The Morgan fingerprint density at radius 1 is 1.37 bits per heavy atom. The summed E-state index contributed by atoms with van der Waals surface area (Å²) in [6.45, 7) is 8.51. The molecule has 108 valence electrons. The van der Waals surface area contributed by atoms with Crippen LogP contribution in [0.25, 0.3) is 0 Å². The molecule has 0 aliphatic heterocycles. The number of rotatable bonds is 5. The van der Waals surface area contributed by atoms with Crippen molar-refractivity contribution < 1.29 is 8.42 Å². The van der Waals surface area contributed by atoms with Gasteiger partial charge in [-0.3, -0.25) is 0 Å². The monoisotopic (exact) mass is 304 g/mol. The molecule has 0 spiro atoms. The zero-order chi connectivity index (χ0) is 14.8. The van der Waals surface area contributed by atoms with Crippen molar-refractivity contribution in [2.75, 3.05) is 12.3 Å². The summed E-state index contributed by atoms with van der Waals surface area (Å²) in [6.07, 6.45) is 0. The SMILES string of the molecule is CC(C)C(C)(C)CNS(=O)(=O)c1ccc(N)cc1Cl. The second kappa shape index (κ2) is 5.69. The van der Waals surface area contributed by atoms with Crippen LogP contribution in [0.3, 0.4) is 0 Å². The fraction of sp³-hybridized carbons (Fsp3) is 0.538. The van der Waals surface area contributed by atoms with Gasteiger partial charge in [0.2, 0.25) is 10.0 Å². The van der Waals surface area contributed by atoms with Gasteiger partial charge in [-0.25, -0.2) is 13.1 Å². The molecule has 0 amide bonds. The summed E-state index contributed by atoms with van der Waals surface area (Å²) in [5.74, 6) is 0.358. The third kappa shape index (κ3) is 4.09. The highest BCUT2D eigenvalue weighted by molar-refractivity contribution is 7.89. The van der Waals surface area contributed by atoms with Crippen LogP contribution in [0.5, 0.6) is 0 Å². The lowest BCUT2D eigenvalue weighted by molar-refractivity contribution is 0.252. The molecule has 0 aliphatic carbocycles. The Morgan fingerprint density at radius 3 is 2.42 bits per heavy atom. The minimum absolute atomic E-state index is 0.0583. The largest absolute Gasteiger partial charge is 0.399 e. The van der Waals surface area contributed by atoms with Crippen LogP contribution in [0.2, 0.25) is 5.02 Å². The lowest BCUT2D eigenvalue weighted by Crippen LogP contribution is -2.37. The molecule has 0 saturated carbocycles. The van der Waals surface area contributed by atoms with Gasteiger partial charge in [0.05, 0.1) is 5.02 Å². The van der Waals surface area contributed by atoms with Crippen LogP contribution in [-0.2, 0) is 10.0 Å². The van der Waals surface area contributed by atoms with Crippen molar-refractivity contribution in [1.82, 2.24) is 4.72 Å². The summed E-state index contributed by atoms with van der Waals surface area (Å²) in [5, 5.41) is 0.134. The first kappa shape index (κ1) is 16.3. The first-order valence-electron chi connectivity index (χ1n) is 6.11. The number of anilines is 1. The van der Waals surface area contributed by atoms with Crippen LogP contribution in [-0.4, -0.2) is 15.0 Å². The van der Waals surface area contributed by atoms with Gasteiger partial charge < -0.3 is 5.73 Å². The fourth-order valence-electron chi connectivity index (χ4n) is 1.30. The summed E-state index contributed by atoms with van der Waals surface area (Å²) in [5.41, 5.74) is 5.86. The average molecular weight is 305 g/mol. The predicted octanol–water partition coefficient (Wildman–Crippen LogP) is 2.88. The molecule has 0 fully saturated rings. The number of hydrogen-bond donors (Lipinski definition) is 2. The van der Waals surface area contributed by atoms with Crippen LogP contribution >= 0.6 is 11.6 Å². The van der Waals surface area contributed by atoms with Crippen LogP contribution in [0.15, 0.2) is 23.1 Å². The highest BCUT2D eigenvalue weighted by Crippen LogP contribution is 2.27. The molecular formula is C13H21ClN2O2S. The molecule has 6 heteroatoms. The van der Waals surface area contributed by atoms with Crippen molar-refractivity contribution >= 4 is 27.3 Å². The summed E-state index contributed by atoms with van der Waals surface area (Å²) in [4.78, 5) is 0.0583. The van der Waals surface area contributed by atoms with E-state index in [1.165, 1.54) is 18.2 Å². The van der Waals surface area contributed by atoms with E-state index in [2.05, 4.69) is 18.6 Å². The summed E-state index contributed by atoms with van der Waals surface area (Å²) in [6, 6.07) is 4.38. The van der Waals surface area contributed by atoms with Crippen molar-refractivity contribution in [2.24, 2.45) is 11.3 Å². The van der Waals surface area contributed by atoms with E-state index >= 15 is 0 Å². The van der Waals surface area contributed by atoms with E-state index in [4.69, 9.17) is 17.3 Å². The van der Waals surface area contributed by atoms with Gasteiger partial charge >= 0.3 is 0 Å². The molecule has 0 bridgehead atoms. The van der Waals surface area contributed by atoms with Gasteiger partial charge in [-0.15, -0.1) is 0 Å². The van der Waals surface area contributed by atoms with Gasteiger partial charge in [0.1, 0.15) is 4.90 Å². The number of halogens is 1. The molecule has 0 aromatic heterocycles. The van der Waals surface area contributed by atoms with Gasteiger partial charge in [0.15, 0.2) is 0 Å². The van der Waals surface area contributed by atoms with Gasteiger partial charge in [0.25, 0.3) is 0 Å². The molecule has 0 unspecified atom stereocenters. The Bertz CT molecular complexity index is 554. The molecule has 4 nitrogen and oxygen atoms in total. The van der Waals surface area contributed by atoms with Gasteiger partial charge in [-0.05, 0) is 29.5 Å². The molecule has 0 radical (unpaired) electrons. The Morgan fingerprint density at radius 2 is 1.95 bits per heavy atom. The molecular weight excluding hydrogens is 284 g/mol. The third-order valence-electron chi connectivity index (χ3n) is 3.53. The number of sulfonamides is 1. The second-order valence-corrected chi connectivity index (χ2v) is 7.80. The van der Waals surface area contributed by atoms with E-state index in [1.54, 1.807) is 0 Å². The molecule has 0 heterocycles. The Kier molecular flexibility index (Phi) is 4.87. The van der Waals surface area contributed by atoms with E-state index in [0.717, 1.165) is 0 Å². The molecule has 0 saturated heterocycles. The molecule has 19 heavy (non-hydrogen) atoms. The van der Waals surface area contributed by atoms with Crippen molar-refractivity contribution in [2.45, 2.75) is 32.6 Å². The predicted molar refractivity (Wildman–Crippen MR) is 79.7 cm³/mol. The second-order valence-electron chi connectivity index (χ2n) is 5.66. The van der Waals surface area contributed by atoms with Gasteiger partial charge in [-0.2, -0.15) is 0 Å². The zero-order valence-electron chi connectivity index (χ0n) is 11.7. The van der Waals surface area contributed by atoms with Crippen molar-refractivity contribution in [1.29, 1.82) is 0 Å². The maximum atomic E-state index is 12.2. The van der Waals surface area contributed by atoms with E-state index in [0.29, 0.717) is 18.2 Å². The topological polar surface area (TPSA) is 72.2 Å². The number of nitrogens with one attached hydrogen (secondary N) is 1. The third-order valence-corrected chi connectivity index (χ3v) is 5.41. The smallest absolute Gasteiger partial charge is 0.242 e. The van der Waals surface area contributed by atoms with Crippen LogP contribution in [0.1, 0.15) is 27.7 Å². The summed E-state index contributed by atoms with van der Waals surface area (Å²) >= 11 is 5.93. The first-order chi connectivity index (χ1) is 8.56. The molecule has 0 atom stereocenters. The zero-order valence-corrected chi connectivity index (χ0v) is 13.3. The first-order valence-corrected chi connectivity index (χ1v) is 7.97.